The van der Waals surface area contributed by atoms with Gasteiger partial charge in [-0.05, 0) is 5.41 Å². The highest BCUT2D eigenvalue weighted by Gasteiger charge is 2.18. The molecule has 0 aromatic carbocycles. The molecule has 0 spiro atoms. The quantitative estimate of drug-likeness (QED) is 0.770. The van der Waals surface area contributed by atoms with Gasteiger partial charge in [0.15, 0.2) is 11.6 Å². The summed E-state index contributed by atoms with van der Waals surface area (Å²) in [5.74, 6) is 1.23. The normalized spacial score (nSPS) is 11.6. The molecular weight excluding hydrogens is 282 g/mol. The van der Waals surface area contributed by atoms with E-state index in [1.807, 2.05) is 0 Å². The van der Waals surface area contributed by atoms with Gasteiger partial charge >= 0.3 is 0 Å². The molecule has 9 heteroatoms. The number of nitrogens with one attached hydrogen (secondary N) is 1. The average Bonchev–Trinajstić information content (AvgIpc) is 3.17. The van der Waals surface area contributed by atoms with Crippen molar-refractivity contribution in [1.82, 2.24) is 39.5 Å². The molecular formula is C13H17N9. The Morgan fingerprint density at radius 2 is 1.45 bits per heavy atom. The van der Waals surface area contributed by atoms with Gasteiger partial charge in [-0.2, -0.15) is 10.2 Å². The third-order valence-electron chi connectivity index (χ3n) is 2.87. The fraction of sp³-hybridized carbons (Fsp3) is 0.385. The van der Waals surface area contributed by atoms with Gasteiger partial charge in [-0.25, -0.2) is 29.3 Å². The predicted octanol–water partition coefficient (Wildman–Crippen LogP) is 1.10. The SMILES string of the molecule is CC(C)(C)CNc1c(-n2cncn2)ncnc1-n1cncn1. The molecule has 3 heterocycles. The zero-order valence-corrected chi connectivity index (χ0v) is 12.7. The lowest BCUT2D eigenvalue weighted by atomic mass is 9.97. The van der Waals surface area contributed by atoms with Crippen LogP contribution >= 0.6 is 0 Å². The Morgan fingerprint density at radius 1 is 0.909 bits per heavy atom. The first-order chi connectivity index (χ1) is 10.5. The minimum absolute atomic E-state index is 0.0924. The number of nitrogens with zero attached hydrogens (tertiary/aromatic N) is 8. The number of rotatable bonds is 4. The van der Waals surface area contributed by atoms with E-state index in [1.54, 1.807) is 22.0 Å². The second kappa shape index (κ2) is 5.51. The second-order valence-corrected chi connectivity index (χ2v) is 5.99. The monoisotopic (exact) mass is 299 g/mol. The maximum atomic E-state index is 4.32. The summed E-state index contributed by atoms with van der Waals surface area (Å²) in [7, 11) is 0. The van der Waals surface area contributed by atoms with Gasteiger partial charge < -0.3 is 5.32 Å². The molecule has 0 bridgehead atoms. The van der Waals surface area contributed by atoms with Crippen molar-refractivity contribution in [1.29, 1.82) is 0 Å². The molecule has 0 aliphatic carbocycles. The molecule has 22 heavy (non-hydrogen) atoms. The number of anilines is 1. The van der Waals surface area contributed by atoms with Gasteiger partial charge in [0, 0.05) is 6.54 Å². The van der Waals surface area contributed by atoms with E-state index in [0.29, 0.717) is 11.6 Å². The first-order valence-electron chi connectivity index (χ1n) is 6.83. The highest BCUT2D eigenvalue weighted by atomic mass is 15.4. The zero-order chi connectivity index (χ0) is 15.6. The largest absolute Gasteiger partial charge is 0.378 e. The molecule has 0 saturated heterocycles. The van der Waals surface area contributed by atoms with Crippen LogP contribution in [0.1, 0.15) is 20.8 Å². The van der Waals surface area contributed by atoms with Crippen LogP contribution in [0.15, 0.2) is 31.6 Å². The molecule has 0 aliphatic heterocycles. The third-order valence-corrected chi connectivity index (χ3v) is 2.87. The number of aromatic nitrogens is 8. The zero-order valence-electron chi connectivity index (χ0n) is 12.7. The molecule has 114 valence electrons. The van der Waals surface area contributed by atoms with Crippen molar-refractivity contribution in [3.05, 3.63) is 31.6 Å². The van der Waals surface area contributed by atoms with E-state index in [0.717, 1.165) is 12.2 Å². The first-order valence-corrected chi connectivity index (χ1v) is 6.83. The lowest BCUT2D eigenvalue weighted by Crippen LogP contribution is -2.22. The summed E-state index contributed by atoms with van der Waals surface area (Å²) in [5, 5.41) is 11.7. The van der Waals surface area contributed by atoms with Crippen molar-refractivity contribution in [3.63, 3.8) is 0 Å². The molecule has 9 nitrogen and oxygen atoms in total. The molecule has 0 saturated carbocycles. The Bertz CT molecular complexity index is 673. The molecule has 3 rings (SSSR count). The number of hydrogen-bond donors (Lipinski definition) is 1. The summed E-state index contributed by atoms with van der Waals surface area (Å²) in [6.45, 7) is 7.18. The summed E-state index contributed by atoms with van der Waals surface area (Å²) < 4.78 is 3.18. The van der Waals surface area contributed by atoms with Gasteiger partial charge in [0.25, 0.3) is 0 Å². The van der Waals surface area contributed by atoms with Crippen LogP contribution in [0.3, 0.4) is 0 Å². The standard InChI is InChI=1S/C13H17N9/c1-13(2,3)4-16-10-11(21-8-14-5-19-21)17-7-18-12(10)22-9-15-6-20-22/h5-9,16H,4H2,1-3H3. The lowest BCUT2D eigenvalue weighted by molar-refractivity contribution is 0.442. The van der Waals surface area contributed by atoms with Crippen LogP contribution in [0.5, 0.6) is 0 Å². The fourth-order valence-corrected chi connectivity index (χ4v) is 1.86. The summed E-state index contributed by atoms with van der Waals surface area (Å²) in [5.41, 5.74) is 0.822. The van der Waals surface area contributed by atoms with E-state index in [-0.39, 0.29) is 5.41 Å². The van der Waals surface area contributed by atoms with Gasteiger partial charge in [0.05, 0.1) is 0 Å². The van der Waals surface area contributed by atoms with E-state index in [4.69, 9.17) is 0 Å². The van der Waals surface area contributed by atoms with Crippen LogP contribution in [0.25, 0.3) is 11.6 Å². The summed E-state index contributed by atoms with van der Waals surface area (Å²) in [6, 6.07) is 0. The van der Waals surface area contributed by atoms with Gasteiger partial charge in [-0.1, -0.05) is 20.8 Å². The molecule has 0 aliphatic rings. The third kappa shape index (κ3) is 2.92. The molecule has 0 unspecified atom stereocenters. The van der Waals surface area contributed by atoms with Crippen LogP contribution in [0.4, 0.5) is 5.69 Å². The predicted molar refractivity (Wildman–Crippen MR) is 79.8 cm³/mol. The second-order valence-electron chi connectivity index (χ2n) is 5.99. The molecule has 3 aromatic rings. The van der Waals surface area contributed by atoms with Crippen molar-refractivity contribution in [2.24, 2.45) is 5.41 Å². The van der Waals surface area contributed by atoms with Crippen LogP contribution < -0.4 is 5.32 Å². The Kier molecular flexibility index (Phi) is 3.53. The Balaban J connectivity index is 2.08. The first kappa shape index (κ1) is 14.1. The topological polar surface area (TPSA) is 99.2 Å². The molecule has 0 fully saturated rings. The van der Waals surface area contributed by atoms with Crippen LogP contribution in [-0.4, -0.2) is 46.0 Å². The minimum Gasteiger partial charge on any atom is -0.378 e. The van der Waals surface area contributed by atoms with Crippen molar-refractivity contribution in [2.45, 2.75) is 20.8 Å². The summed E-state index contributed by atoms with van der Waals surface area (Å²) in [4.78, 5) is 16.6. The van der Waals surface area contributed by atoms with Crippen molar-refractivity contribution in [2.75, 3.05) is 11.9 Å². The Hall–Kier alpha value is -2.84. The van der Waals surface area contributed by atoms with E-state index in [9.17, 15) is 0 Å². The van der Waals surface area contributed by atoms with Crippen molar-refractivity contribution < 1.29 is 0 Å². The van der Waals surface area contributed by atoms with Crippen molar-refractivity contribution in [3.8, 4) is 11.6 Å². The van der Waals surface area contributed by atoms with Crippen LogP contribution in [0.2, 0.25) is 0 Å². The van der Waals surface area contributed by atoms with E-state index in [2.05, 4.69) is 56.2 Å². The maximum Gasteiger partial charge on any atom is 0.184 e. The molecule has 0 amide bonds. The van der Waals surface area contributed by atoms with E-state index >= 15 is 0 Å². The van der Waals surface area contributed by atoms with Crippen LogP contribution in [0, 0.1) is 5.41 Å². The smallest absolute Gasteiger partial charge is 0.184 e. The van der Waals surface area contributed by atoms with Crippen molar-refractivity contribution >= 4 is 5.69 Å². The average molecular weight is 299 g/mol. The Labute approximate surface area is 127 Å². The summed E-state index contributed by atoms with van der Waals surface area (Å²) >= 11 is 0. The molecule has 3 aromatic heterocycles. The summed E-state index contributed by atoms with van der Waals surface area (Å²) in [6.07, 6.45) is 7.58. The molecule has 0 radical (unpaired) electrons. The Morgan fingerprint density at radius 3 is 1.86 bits per heavy atom. The van der Waals surface area contributed by atoms with E-state index in [1.165, 1.54) is 19.0 Å². The maximum absolute atomic E-state index is 4.32. The van der Waals surface area contributed by atoms with Gasteiger partial charge in [-0.15, -0.1) is 0 Å². The molecule has 0 atom stereocenters. The van der Waals surface area contributed by atoms with Crippen LogP contribution in [-0.2, 0) is 0 Å². The lowest BCUT2D eigenvalue weighted by Gasteiger charge is -2.21. The van der Waals surface area contributed by atoms with Gasteiger partial charge in [0.2, 0.25) is 0 Å². The van der Waals surface area contributed by atoms with Gasteiger partial charge in [-0.3, -0.25) is 0 Å². The highest BCUT2D eigenvalue weighted by molar-refractivity contribution is 5.66. The fourth-order valence-electron chi connectivity index (χ4n) is 1.86. The van der Waals surface area contributed by atoms with Gasteiger partial charge in [0.1, 0.15) is 37.3 Å². The molecule has 1 N–H and O–H groups in total. The highest BCUT2D eigenvalue weighted by Crippen LogP contribution is 2.25. The minimum atomic E-state index is 0.0924. The van der Waals surface area contributed by atoms with E-state index < -0.39 is 0 Å². The number of hydrogen-bond acceptors (Lipinski definition) is 7.